The Hall–Kier alpha value is -8.08. The molecule has 0 radical (unpaired) electrons. The van der Waals surface area contributed by atoms with Crippen molar-refractivity contribution in [2.24, 2.45) is 16.8 Å². The molecule has 6 amide bonds. The highest BCUT2D eigenvalue weighted by atomic mass is 19.1. The zero-order valence-electron chi connectivity index (χ0n) is 54.9. The van der Waals surface area contributed by atoms with Crippen LogP contribution in [-0.2, 0) is 103 Å². The van der Waals surface area contributed by atoms with Gasteiger partial charge in [0.05, 0.1) is 160 Å². The lowest BCUT2D eigenvalue weighted by molar-refractivity contribution is -0.172. The number of halogens is 3. The van der Waals surface area contributed by atoms with Crippen molar-refractivity contribution in [2.75, 3.05) is 137 Å². The summed E-state index contributed by atoms with van der Waals surface area (Å²) in [5, 5.41) is 28.2. The van der Waals surface area contributed by atoms with Crippen LogP contribution in [0.4, 0.5) is 28.4 Å². The van der Waals surface area contributed by atoms with Gasteiger partial charge in [0, 0.05) is 52.7 Å². The van der Waals surface area contributed by atoms with Crippen molar-refractivity contribution < 1.29 is 99.2 Å². The fraction of sp³-hybridized carbons (Fsp3) is 0.594. The second-order valence-electron chi connectivity index (χ2n) is 23.0. The predicted molar refractivity (Wildman–Crippen MR) is 340 cm³/mol. The highest BCUT2D eigenvalue weighted by Gasteiger charge is 2.46. The maximum Gasteiger partial charge on any atom is 0.407 e. The molecule has 4 atom stereocenters. The van der Waals surface area contributed by atoms with Crippen LogP contribution in [0.5, 0.6) is 0 Å². The second kappa shape index (κ2) is 38.8. The zero-order chi connectivity index (χ0) is 69.9. The van der Waals surface area contributed by atoms with Gasteiger partial charge in [-0.05, 0) is 85.4 Å². The first-order valence-electron chi connectivity index (χ1n) is 32.1. The highest BCUT2D eigenvalue weighted by molar-refractivity contribution is 5.99. The van der Waals surface area contributed by atoms with Crippen LogP contribution in [0.25, 0.3) is 32.7 Å². The number of amides is 6. The molecule has 3 aliphatic rings. The Morgan fingerprint density at radius 1 is 0.784 bits per heavy atom. The molecule has 0 saturated heterocycles. The number of hydrogen-bond acceptors (Lipinski definition) is 21. The number of nitrogens with one attached hydrogen (secondary N) is 5. The van der Waals surface area contributed by atoms with Crippen molar-refractivity contribution in [1.82, 2.24) is 30.8 Å². The molecule has 0 bridgehead atoms. The number of benzene rings is 2. The number of aromatic nitrogens is 2. The average molecular weight is 1370 g/mol. The smallest absolute Gasteiger partial charge is 0.407 e. The van der Waals surface area contributed by atoms with E-state index in [9.17, 15) is 38.7 Å². The van der Waals surface area contributed by atoms with Gasteiger partial charge < -0.3 is 94.1 Å². The Kier molecular flexibility index (Phi) is 30.5. The summed E-state index contributed by atoms with van der Waals surface area (Å²) in [5.74, 6) is -6.51. The Labute approximate surface area is 557 Å². The van der Waals surface area contributed by atoms with Crippen molar-refractivity contribution >= 4 is 52.4 Å². The number of aryl methyl sites for hydroxylation is 1. The van der Waals surface area contributed by atoms with E-state index in [2.05, 4.69) is 36.6 Å². The minimum atomic E-state index is -2.11. The third kappa shape index (κ3) is 21.7. The number of nitrogens with zero attached hydrogens (tertiary/aromatic N) is 5. The number of carbonyl (C=O) groups excluding carboxylic acids is 6. The van der Waals surface area contributed by atoms with Crippen molar-refractivity contribution in [3.8, 4) is 11.4 Å². The standard InChI is InChI=1S/C64H86F3N11O19/c1-5-64(86)45-33-52-57-42(35-78(52)60(82)43(45)36-96-61(64)83)55-49(9-8-41-39(4)46(65)34-51(73-57)54(41)55)75-63(85)97-37-44-47(66)31-40(32-48(44)67)72-58(80)50(7-6-11-70-62(68)84)74-59(81)56(38(2)3)76-53(79)10-13-87-15-17-89-19-21-91-23-25-93-27-29-95-30-28-94-26-24-92-22-20-90-18-16-88-14-12-71-77-69/h31-34,38,49-50,56,86H,5-30,35-37H2,1-4H3,(H,72,80)(H,74,81)(H,75,85)(H,76,79)(H3,68,70,84)/t49-,50-,56-,64-/m0/s1. The third-order valence-electron chi connectivity index (χ3n) is 16.1. The number of alkyl carbamates (subject to hydrolysis) is 1. The van der Waals surface area contributed by atoms with E-state index in [1.54, 1.807) is 27.7 Å². The first-order valence-corrected chi connectivity index (χ1v) is 32.1. The van der Waals surface area contributed by atoms with Crippen LogP contribution in [0, 0.1) is 30.3 Å². The van der Waals surface area contributed by atoms with Crippen molar-refractivity contribution in [1.29, 1.82) is 0 Å². The molecule has 2 aliphatic heterocycles. The molecular weight excluding hydrogens is 1280 g/mol. The number of carbonyl (C=O) groups is 6. The van der Waals surface area contributed by atoms with E-state index in [4.69, 9.17) is 68.4 Å². The Bertz CT molecular complexity index is 3460. The van der Waals surface area contributed by atoms with Gasteiger partial charge in [-0.25, -0.2) is 32.5 Å². The highest BCUT2D eigenvalue weighted by Crippen LogP contribution is 2.46. The topological polar surface area (TPSA) is 394 Å². The largest absolute Gasteiger partial charge is 0.458 e. The number of azide groups is 1. The molecular formula is C64H86F3N11O19. The van der Waals surface area contributed by atoms with Crippen LogP contribution < -0.4 is 37.9 Å². The SMILES string of the molecule is CC[C@@]1(O)C(=O)OCc2c1cc1n(c2=O)Cc2c-1nc1cc(F)c(C)c3c1c2[C@@H](NC(=O)OCc1c(F)cc(NC(=O)[C@H](CCCNC(N)=O)NC(=O)[C@@H](NC(=O)CCOCCOCCOCCOCCOCCOCCOCCOCCOCCN=[N+]=[N-])C(C)C)cc1F)CC3. The average Bonchev–Trinajstić information content (AvgIpc) is 1.62. The number of esters is 1. The molecule has 8 N–H and O–H groups in total. The summed E-state index contributed by atoms with van der Waals surface area (Å²) in [6.45, 7) is 11.7. The number of ether oxygens (including phenoxy) is 11. The number of aliphatic hydroxyl groups is 1. The normalized spacial score (nSPS) is 15.8. The van der Waals surface area contributed by atoms with Gasteiger partial charge >= 0.3 is 18.1 Å². The van der Waals surface area contributed by atoms with Crippen LogP contribution in [0.1, 0.15) is 97.9 Å². The third-order valence-corrected chi connectivity index (χ3v) is 16.1. The number of anilines is 1. The lowest BCUT2D eigenvalue weighted by Gasteiger charge is -2.31. The second-order valence-corrected chi connectivity index (χ2v) is 23.0. The number of pyridine rings is 2. The molecule has 0 fully saturated rings. The van der Waals surface area contributed by atoms with Gasteiger partial charge in [0.1, 0.15) is 42.7 Å². The van der Waals surface area contributed by atoms with Crippen LogP contribution in [0.2, 0.25) is 0 Å². The number of cyclic esters (lactones) is 1. The summed E-state index contributed by atoms with van der Waals surface area (Å²) in [7, 11) is 0. The summed E-state index contributed by atoms with van der Waals surface area (Å²) in [6.07, 6.45) is -0.778. The summed E-state index contributed by atoms with van der Waals surface area (Å²) in [6, 6.07) is 0.176. The summed E-state index contributed by atoms with van der Waals surface area (Å²) >= 11 is 0. The molecule has 7 rings (SSSR count). The minimum absolute atomic E-state index is 0.000637. The van der Waals surface area contributed by atoms with E-state index >= 15 is 13.2 Å². The van der Waals surface area contributed by atoms with E-state index < -0.39 is 101 Å². The van der Waals surface area contributed by atoms with E-state index in [1.165, 1.54) is 16.7 Å². The van der Waals surface area contributed by atoms with Crippen LogP contribution >= 0.6 is 0 Å². The number of nitrogens with two attached hydrogens (primary N) is 1. The van der Waals surface area contributed by atoms with Crippen LogP contribution in [0.15, 0.2) is 34.2 Å². The van der Waals surface area contributed by atoms with Gasteiger partial charge in [0.25, 0.3) is 5.56 Å². The van der Waals surface area contributed by atoms with Crippen LogP contribution in [-0.4, -0.2) is 195 Å². The Morgan fingerprint density at radius 2 is 1.35 bits per heavy atom. The van der Waals surface area contributed by atoms with Gasteiger partial charge in [0.2, 0.25) is 17.7 Å². The van der Waals surface area contributed by atoms with E-state index in [1.807, 2.05) is 0 Å². The molecule has 33 heteroatoms. The fourth-order valence-electron chi connectivity index (χ4n) is 11.1. The number of hydrogen-bond donors (Lipinski definition) is 7. The summed E-state index contributed by atoms with van der Waals surface area (Å²) in [4.78, 5) is 100.0. The lowest BCUT2D eigenvalue weighted by Crippen LogP contribution is -2.54. The van der Waals surface area contributed by atoms with Gasteiger partial charge in [-0.3, -0.25) is 19.2 Å². The van der Waals surface area contributed by atoms with Crippen LogP contribution in [0.3, 0.4) is 0 Å². The molecule has 532 valence electrons. The molecule has 0 spiro atoms. The monoisotopic (exact) mass is 1370 g/mol. The number of rotatable bonds is 44. The van der Waals surface area contributed by atoms with Crippen molar-refractivity contribution in [2.45, 2.75) is 110 Å². The number of primary amides is 1. The Morgan fingerprint density at radius 3 is 1.90 bits per heavy atom. The Balaban J connectivity index is 0.805. The van der Waals surface area contributed by atoms with E-state index in [-0.39, 0.29) is 118 Å². The summed E-state index contributed by atoms with van der Waals surface area (Å²) in [5.41, 5.74) is 12.7. The first kappa shape index (κ1) is 76.3. The molecule has 0 saturated carbocycles. The molecule has 4 heterocycles. The molecule has 2 aromatic heterocycles. The van der Waals surface area contributed by atoms with Gasteiger partial charge in [0.15, 0.2) is 5.60 Å². The molecule has 2 aromatic carbocycles. The maximum atomic E-state index is 15.9. The number of urea groups is 1. The molecule has 30 nitrogen and oxygen atoms in total. The van der Waals surface area contributed by atoms with E-state index in [0.29, 0.717) is 127 Å². The fourth-order valence-corrected chi connectivity index (χ4v) is 11.1. The predicted octanol–water partition coefficient (Wildman–Crippen LogP) is 4.58. The molecule has 1 aliphatic carbocycles. The lowest BCUT2D eigenvalue weighted by atomic mass is 9.81. The summed E-state index contributed by atoms with van der Waals surface area (Å²) < 4.78 is 108. The molecule has 0 unspecified atom stereocenters. The molecule has 4 aromatic rings. The first-order chi connectivity index (χ1) is 46.8. The van der Waals surface area contributed by atoms with Crippen molar-refractivity contribution in [3.63, 3.8) is 0 Å². The minimum Gasteiger partial charge on any atom is -0.458 e. The quantitative estimate of drug-likeness (QED) is 0.00922. The van der Waals surface area contributed by atoms with Crippen molar-refractivity contribution in [3.05, 3.63) is 101 Å². The van der Waals surface area contributed by atoms with Gasteiger partial charge in [-0.15, -0.1) is 0 Å². The van der Waals surface area contributed by atoms with Gasteiger partial charge in [-0.1, -0.05) is 25.9 Å². The maximum absolute atomic E-state index is 15.9. The van der Waals surface area contributed by atoms with E-state index in [0.717, 1.165) is 12.1 Å². The van der Waals surface area contributed by atoms with Gasteiger partial charge in [-0.2, -0.15) is 0 Å². The zero-order valence-corrected chi connectivity index (χ0v) is 54.9. The molecule has 97 heavy (non-hydrogen) atoms. The number of fused-ring (bicyclic) bond motifs is 5.